The maximum absolute atomic E-state index is 9.89. The fraction of sp³-hybridized carbons (Fsp3) is 0.667. The molecule has 0 aromatic carbocycles. The molecular weight excluding hydrogens is 474 g/mol. The molecule has 0 unspecified atom stereocenters. The third-order valence-corrected chi connectivity index (χ3v) is 0.895. The monoisotopic (exact) mass is 487 g/mol. The van der Waals surface area contributed by atoms with Crippen LogP contribution in [-0.4, -0.2) is 11.1 Å². The van der Waals surface area contributed by atoms with Crippen LogP contribution in [-0.2, 0) is 24.3 Å². The molecule has 0 bridgehead atoms. The number of hydrogen-bond donors (Lipinski definition) is 1. The van der Waals surface area contributed by atoms with Gasteiger partial charge in [0.1, 0.15) is 0 Å². The molecule has 61 valence electrons. The molecule has 0 aromatic rings. The number of carboxylic acids is 1. The van der Waals surface area contributed by atoms with E-state index in [1.165, 1.54) is 0 Å². The maximum Gasteiger partial charge on any atom is 0.166 e. The molecule has 2 nitrogen and oxygen atoms in total. The smallest absolute Gasteiger partial charge is 0.166 e. The number of carbonyl (C=O) groups is 1. The van der Waals surface area contributed by atoms with Gasteiger partial charge in [-0.1, -0.05) is 14.4 Å². The molecule has 0 aliphatic carbocycles. The van der Waals surface area contributed by atoms with Gasteiger partial charge in [0.05, 0.1) is 0 Å². The van der Waals surface area contributed by atoms with Crippen LogP contribution in [0.25, 0.3) is 0 Å². The summed E-state index contributed by atoms with van der Waals surface area (Å²) in [6.45, 7) is 3.44. The predicted molar refractivity (Wildman–Crippen MR) is 33.6 cm³/mol. The van der Waals surface area contributed by atoms with Crippen molar-refractivity contribution in [2.45, 2.75) is 27.7 Å². The Morgan fingerprint density at radius 3 is 1.90 bits per heavy atom. The zero-order valence-electron chi connectivity index (χ0n) is 5.60. The van der Waals surface area contributed by atoms with E-state index in [-0.39, 0.29) is 26.9 Å². The Hall–Kier alpha value is -1.04. The van der Waals surface area contributed by atoms with Crippen molar-refractivity contribution in [1.29, 1.82) is 0 Å². The second-order valence-electron chi connectivity index (χ2n) is 1.44. The summed E-state index contributed by atoms with van der Waals surface area (Å²) in [5.41, 5.74) is 0. The maximum atomic E-state index is 9.89. The summed E-state index contributed by atoms with van der Waals surface area (Å²) >= 11 is 0. The average Bonchev–Trinajstić information content (AvgIpc) is 1.65. The first kappa shape index (κ1) is 23.1. The summed E-state index contributed by atoms with van der Waals surface area (Å²) in [6, 6.07) is 0. The van der Waals surface area contributed by atoms with Crippen LogP contribution < -0.4 is 0 Å². The summed E-state index contributed by atoms with van der Waals surface area (Å²) < 4.78 is 0. The quantitative estimate of drug-likeness (QED) is 0.476. The molecule has 0 aliphatic heterocycles. The average molecular weight is 487 g/mol. The second kappa shape index (κ2) is 10.9. The van der Waals surface area contributed by atoms with Gasteiger partial charge in [-0.05, 0) is 0 Å². The Balaban J connectivity index is -0.0000000600. The van der Waals surface area contributed by atoms with Gasteiger partial charge in [0.25, 0.3) is 0 Å². The van der Waals surface area contributed by atoms with Gasteiger partial charge < -0.3 is 5.11 Å². The van der Waals surface area contributed by atoms with Crippen molar-refractivity contribution in [3.05, 3.63) is 5.92 Å². The van der Waals surface area contributed by atoms with Crippen LogP contribution in [0.3, 0.4) is 0 Å². The molecule has 0 amide bonds. The van der Waals surface area contributed by atoms with Crippen molar-refractivity contribution in [3.63, 3.8) is 0 Å². The number of aliphatic carboxylic acids is 1. The van der Waals surface area contributed by atoms with Crippen LogP contribution in [0.4, 0.5) is 0 Å². The van der Waals surface area contributed by atoms with Gasteiger partial charge in [-0.2, -0.15) is 13.3 Å². The standard InChI is InChI=1S/C5H9O2.CH4.Rf.Rh/c1-3-4(2)5(6)7;;;/h3H2,1-2H3,(H,6,7);1H4;;/q-1;;;. The van der Waals surface area contributed by atoms with Gasteiger partial charge in [0, 0.05) is 19.5 Å². The topological polar surface area (TPSA) is 37.3 Å². The molecule has 4 heteroatoms. The van der Waals surface area contributed by atoms with Crippen LogP contribution in [0.5, 0.6) is 0 Å². The van der Waals surface area contributed by atoms with Gasteiger partial charge in [0.2, 0.25) is 0 Å². The third-order valence-electron chi connectivity index (χ3n) is 0.895. The Labute approximate surface area is 69.4 Å². The van der Waals surface area contributed by atoms with E-state index in [2.05, 4.69) is 0 Å². The summed E-state index contributed by atoms with van der Waals surface area (Å²) in [6.07, 6.45) is 0.634. The van der Waals surface area contributed by atoms with Crippen molar-refractivity contribution >= 4 is 5.97 Å². The summed E-state index contributed by atoms with van der Waals surface area (Å²) in [7, 11) is 0. The van der Waals surface area contributed by atoms with E-state index in [1.807, 2.05) is 6.92 Å². The molecule has 0 heterocycles. The Morgan fingerprint density at radius 2 is 1.90 bits per heavy atom. The molecule has 0 aliphatic rings. The van der Waals surface area contributed by atoms with Gasteiger partial charge in [-0.3, -0.25) is 10.7 Å². The van der Waals surface area contributed by atoms with Gasteiger partial charge in [-0.15, -0.1) is 0 Å². The van der Waals surface area contributed by atoms with Gasteiger partial charge in [0.15, 0.2) is 5.97 Å². The zero-order valence-corrected chi connectivity index (χ0v) is 13.6. The first-order chi connectivity index (χ1) is 3.18. The molecule has 0 aromatic heterocycles. The molecular formula is C6H13O2RfRh-. The molecule has 1 radical (unpaired) electrons. The van der Waals surface area contributed by atoms with E-state index in [1.54, 1.807) is 6.92 Å². The Morgan fingerprint density at radius 1 is 1.60 bits per heavy atom. The van der Waals surface area contributed by atoms with Gasteiger partial charge in [-0.25, -0.2) is 0 Å². The predicted octanol–water partition coefficient (Wildman–Crippen LogP) is 1.71. The minimum absolute atomic E-state index is 0. The van der Waals surface area contributed by atoms with Crippen molar-refractivity contribution in [3.8, 4) is 0 Å². The van der Waals surface area contributed by atoms with E-state index in [9.17, 15) is 4.79 Å². The number of rotatable bonds is 2. The summed E-state index contributed by atoms with van der Waals surface area (Å²) in [5.74, 6) is -0.275. The molecule has 10 heavy (non-hydrogen) atoms. The molecule has 1 N–H and O–H groups in total. The molecule has 0 rings (SSSR count). The molecule has 0 fully saturated rings. The van der Waals surface area contributed by atoms with Crippen molar-refractivity contribution in [2.75, 3.05) is 0 Å². The molecule has 0 saturated carbocycles. The van der Waals surface area contributed by atoms with E-state index in [0.717, 1.165) is 0 Å². The molecule has 0 atom stereocenters. The van der Waals surface area contributed by atoms with Crippen LogP contribution in [0.15, 0.2) is 0 Å². The van der Waals surface area contributed by atoms with Crippen molar-refractivity contribution < 1.29 is 29.4 Å². The van der Waals surface area contributed by atoms with Crippen LogP contribution in [0, 0.1) is 5.92 Å². The minimum atomic E-state index is -0.789. The van der Waals surface area contributed by atoms with Crippen molar-refractivity contribution in [2.24, 2.45) is 0 Å². The second-order valence-corrected chi connectivity index (χ2v) is 1.44. The first-order valence-electron chi connectivity index (χ1n) is 2.24. The van der Waals surface area contributed by atoms with Crippen LogP contribution in [0.1, 0.15) is 27.7 Å². The zero-order chi connectivity index (χ0) is 5.86. The van der Waals surface area contributed by atoms with E-state index < -0.39 is 5.97 Å². The largest absolute Gasteiger partial charge is 0.503 e. The fourth-order valence-corrected chi connectivity index (χ4v) is 0.151. The number of carboxylic acid groups (broad SMARTS) is 1. The van der Waals surface area contributed by atoms with E-state index in [0.29, 0.717) is 12.3 Å². The van der Waals surface area contributed by atoms with E-state index in [4.69, 9.17) is 5.11 Å². The van der Waals surface area contributed by atoms with Crippen molar-refractivity contribution in [1.82, 2.24) is 0 Å². The summed E-state index contributed by atoms with van der Waals surface area (Å²) in [4.78, 5) is 9.89. The van der Waals surface area contributed by atoms with Gasteiger partial charge >= 0.3 is 0 Å². The normalized spacial score (nSPS) is 5.80. The van der Waals surface area contributed by atoms with Crippen LogP contribution >= 0.6 is 0 Å². The molecule has 0 spiro atoms. The Kier molecular flexibility index (Phi) is 25.1. The minimum Gasteiger partial charge on any atom is -0.503 e. The fourth-order valence-electron chi connectivity index (χ4n) is 0.151. The van der Waals surface area contributed by atoms with E-state index >= 15 is 0 Å². The Bertz CT molecular complexity index is 78.1. The number of hydrogen-bond acceptors (Lipinski definition) is 1. The summed E-state index contributed by atoms with van der Waals surface area (Å²) in [5, 5.41) is 8.14. The van der Waals surface area contributed by atoms with Crippen LogP contribution in [0.2, 0.25) is 0 Å². The third kappa shape index (κ3) is 10.1. The molecule has 0 saturated heterocycles. The first-order valence-corrected chi connectivity index (χ1v) is 2.24. The SMILES string of the molecule is C.CC[C-](C)C(=O)O.[Rf].[Rh].